The Morgan fingerprint density at radius 2 is 1.90 bits per heavy atom. The van der Waals surface area contributed by atoms with Crippen molar-refractivity contribution in [3.8, 4) is 28.5 Å². The van der Waals surface area contributed by atoms with Crippen LogP contribution in [-0.4, -0.2) is 53.6 Å². The first kappa shape index (κ1) is 20.4. The molecule has 0 bridgehead atoms. The van der Waals surface area contributed by atoms with Crippen LogP contribution in [0.25, 0.3) is 22.6 Å². The van der Waals surface area contributed by atoms with Crippen LogP contribution in [0.3, 0.4) is 0 Å². The van der Waals surface area contributed by atoms with Crippen molar-refractivity contribution in [3.63, 3.8) is 0 Å². The summed E-state index contributed by atoms with van der Waals surface area (Å²) in [7, 11) is 4.66. The minimum absolute atomic E-state index is 0.263. The van der Waals surface area contributed by atoms with Crippen LogP contribution in [0, 0.1) is 0 Å². The number of imidazole rings is 1. The highest BCUT2D eigenvalue weighted by Crippen LogP contribution is 2.40. The van der Waals surface area contributed by atoms with Crippen molar-refractivity contribution >= 4 is 17.5 Å². The van der Waals surface area contributed by atoms with E-state index in [0.29, 0.717) is 53.7 Å². The fourth-order valence-electron chi connectivity index (χ4n) is 3.41. The van der Waals surface area contributed by atoms with Gasteiger partial charge in [-0.2, -0.15) is 0 Å². The van der Waals surface area contributed by atoms with Gasteiger partial charge in [0.05, 0.1) is 46.3 Å². The van der Waals surface area contributed by atoms with E-state index in [2.05, 4.69) is 15.0 Å². The summed E-state index contributed by atoms with van der Waals surface area (Å²) in [6.45, 7) is 1.06. The van der Waals surface area contributed by atoms with Crippen molar-refractivity contribution in [2.45, 2.75) is 13.0 Å². The van der Waals surface area contributed by atoms with Crippen molar-refractivity contribution in [1.82, 2.24) is 19.5 Å². The van der Waals surface area contributed by atoms with Crippen LogP contribution in [0.4, 0.5) is 0 Å². The number of methoxy groups -OCH3 is 3. The molecule has 0 radical (unpaired) electrons. The van der Waals surface area contributed by atoms with E-state index < -0.39 is 0 Å². The average molecular weight is 421 g/mol. The predicted molar refractivity (Wildman–Crippen MR) is 118 cm³/mol. The molecule has 3 heterocycles. The summed E-state index contributed by atoms with van der Waals surface area (Å²) in [5, 5.41) is 0. The van der Waals surface area contributed by atoms with Gasteiger partial charge in [-0.1, -0.05) is 18.2 Å². The number of hydrogen-bond acceptors (Lipinski definition) is 7. The molecule has 0 saturated carbocycles. The Morgan fingerprint density at radius 1 is 1.13 bits per heavy atom. The average Bonchev–Trinajstić information content (AvgIpc) is 3.08. The molecule has 0 fully saturated rings. The number of nitrogens with zero attached hydrogens (tertiary/aromatic N) is 4. The van der Waals surface area contributed by atoms with Gasteiger partial charge in [-0.25, -0.2) is 14.8 Å². The maximum atomic E-state index is 12.6. The zero-order chi connectivity index (χ0) is 21.8. The van der Waals surface area contributed by atoms with E-state index in [1.807, 2.05) is 24.4 Å². The van der Waals surface area contributed by atoms with Crippen LogP contribution in [0.2, 0.25) is 0 Å². The number of benzene rings is 1. The SMILES string of the molecule is COc1cc(-c2cnc3[nH]c(=O)n(C/C4=C/C=CCN=CC4)c3n2)cc(OC)c1OC. The van der Waals surface area contributed by atoms with Crippen molar-refractivity contribution in [2.75, 3.05) is 27.9 Å². The van der Waals surface area contributed by atoms with Gasteiger partial charge in [0.25, 0.3) is 0 Å². The molecule has 160 valence electrons. The fourth-order valence-corrected chi connectivity index (χ4v) is 3.41. The number of hydrogen-bond donors (Lipinski definition) is 1. The first-order chi connectivity index (χ1) is 15.1. The largest absolute Gasteiger partial charge is 0.493 e. The molecule has 0 atom stereocenters. The normalized spacial score (nSPS) is 15.3. The quantitative estimate of drug-likeness (QED) is 0.656. The molecular weight excluding hydrogens is 398 g/mol. The molecular formula is C22H23N5O4. The van der Waals surface area contributed by atoms with Gasteiger partial charge in [0.1, 0.15) is 0 Å². The van der Waals surface area contributed by atoms with E-state index in [1.165, 1.54) is 0 Å². The van der Waals surface area contributed by atoms with E-state index in [4.69, 9.17) is 19.2 Å². The van der Waals surface area contributed by atoms with E-state index in [1.54, 1.807) is 44.2 Å². The van der Waals surface area contributed by atoms with Crippen molar-refractivity contribution in [3.05, 3.63) is 52.6 Å². The predicted octanol–water partition coefficient (Wildman–Crippen LogP) is 2.77. The fraction of sp³-hybridized carbons (Fsp3) is 0.273. The van der Waals surface area contributed by atoms with Crippen molar-refractivity contribution < 1.29 is 14.2 Å². The van der Waals surface area contributed by atoms with Crippen molar-refractivity contribution in [2.24, 2.45) is 4.99 Å². The number of allylic oxidation sites excluding steroid dienone is 3. The van der Waals surface area contributed by atoms with Gasteiger partial charge in [0.2, 0.25) is 5.75 Å². The summed E-state index contributed by atoms with van der Waals surface area (Å²) in [6, 6.07) is 3.59. The van der Waals surface area contributed by atoms with Crippen LogP contribution < -0.4 is 19.9 Å². The second-order valence-electron chi connectivity index (χ2n) is 6.86. The number of ether oxygens (including phenoxy) is 3. The third kappa shape index (κ3) is 4.07. The molecule has 1 aliphatic heterocycles. The molecule has 9 heteroatoms. The Balaban J connectivity index is 1.79. The molecule has 0 unspecified atom stereocenters. The molecule has 0 saturated heterocycles. The standard InChI is InChI=1S/C22H23N5O4/c1-29-17-10-15(11-18(30-2)19(17)31-3)16-12-24-20-21(25-16)27(22(28)26-20)13-14-6-4-5-8-23-9-7-14/h4-6,9-12H,7-8,13H2,1-3H3,(H,24,26,28)/b5-4?,14-6+,23-9?. The molecule has 1 N–H and O–H groups in total. The Bertz CT molecular complexity index is 1230. The van der Waals surface area contributed by atoms with Crippen LogP contribution in [0.15, 0.2) is 51.9 Å². The van der Waals surface area contributed by atoms with Gasteiger partial charge < -0.3 is 14.2 Å². The topological polar surface area (TPSA) is 104 Å². The molecule has 0 aliphatic carbocycles. The summed E-state index contributed by atoms with van der Waals surface area (Å²) in [5.74, 6) is 1.51. The monoisotopic (exact) mass is 421 g/mol. The first-order valence-electron chi connectivity index (χ1n) is 9.73. The highest BCUT2D eigenvalue weighted by atomic mass is 16.5. The molecule has 0 spiro atoms. The minimum atomic E-state index is -0.263. The van der Waals surface area contributed by atoms with Gasteiger partial charge in [-0.05, 0) is 17.7 Å². The molecule has 4 rings (SSSR count). The summed E-state index contributed by atoms with van der Waals surface area (Å²) in [6.07, 6.45) is 10.1. The summed E-state index contributed by atoms with van der Waals surface area (Å²) in [4.78, 5) is 28.8. The number of H-pyrrole nitrogens is 1. The lowest BCUT2D eigenvalue weighted by Crippen LogP contribution is -2.18. The van der Waals surface area contributed by atoms with Gasteiger partial charge >= 0.3 is 5.69 Å². The summed E-state index contributed by atoms with van der Waals surface area (Å²) in [5.41, 5.74) is 2.98. The molecule has 1 aromatic carbocycles. The third-order valence-corrected chi connectivity index (χ3v) is 4.96. The number of nitrogens with one attached hydrogen (secondary N) is 1. The zero-order valence-corrected chi connectivity index (χ0v) is 17.6. The van der Waals surface area contributed by atoms with Gasteiger partial charge in [-0.15, -0.1) is 0 Å². The van der Waals surface area contributed by atoms with Crippen LogP contribution >= 0.6 is 0 Å². The van der Waals surface area contributed by atoms with Crippen LogP contribution in [0.1, 0.15) is 6.42 Å². The Kier molecular flexibility index (Phi) is 5.83. The first-order valence-corrected chi connectivity index (χ1v) is 9.73. The smallest absolute Gasteiger partial charge is 0.329 e. The highest BCUT2D eigenvalue weighted by molar-refractivity contribution is 5.74. The highest BCUT2D eigenvalue weighted by Gasteiger charge is 2.17. The summed E-state index contributed by atoms with van der Waals surface area (Å²) >= 11 is 0. The minimum Gasteiger partial charge on any atom is -0.493 e. The van der Waals surface area contributed by atoms with Gasteiger partial charge in [-0.3, -0.25) is 14.5 Å². The molecule has 0 amide bonds. The Hall–Kier alpha value is -3.88. The summed E-state index contributed by atoms with van der Waals surface area (Å²) < 4.78 is 17.8. The second-order valence-corrected chi connectivity index (χ2v) is 6.86. The molecule has 3 aromatic rings. The Labute approximate surface area is 178 Å². The van der Waals surface area contributed by atoms with Crippen LogP contribution in [0.5, 0.6) is 17.2 Å². The van der Waals surface area contributed by atoms with Gasteiger partial charge in [0.15, 0.2) is 22.8 Å². The van der Waals surface area contributed by atoms with E-state index in [-0.39, 0.29) is 5.69 Å². The van der Waals surface area contributed by atoms with Crippen molar-refractivity contribution in [1.29, 1.82) is 0 Å². The Morgan fingerprint density at radius 3 is 2.61 bits per heavy atom. The lowest BCUT2D eigenvalue weighted by molar-refractivity contribution is 0.324. The molecule has 2 aromatic heterocycles. The van der Waals surface area contributed by atoms with Gasteiger partial charge in [0, 0.05) is 18.2 Å². The lowest BCUT2D eigenvalue weighted by atomic mass is 10.1. The van der Waals surface area contributed by atoms with E-state index in [9.17, 15) is 4.79 Å². The molecule has 31 heavy (non-hydrogen) atoms. The van der Waals surface area contributed by atoms with Crippen LogP contribution in [-0.2, 0) is 6.54 Å². The van der Waals surface area contributed by atoms with E-state index >= 15 is 0 Å². The molecule has 1 aliphatic rings. The zero-order valence-electron chi connectivity index (χ0n) is 17.6. The number of aromatic amines is 1. The van der Waals surface area contributed by atoms with E-state index in [0.717, 1.165) is 11.1 Å². The number of rotatable bonds is 6. The maximum Gasteiger partial charge on any atom is 0.329 e. The second kappa shape index (κ2) is 8.86. The number of aromatic nitrogens is 4. The molecule has 9 nitrogen and oxygen atoms in total. The number of fused-ring (bicyclic) bond motifs is 1. The number of aliphatic imine (C=N–C) groups is 1. The maximum absolute atomic E-state index is 12.6. The lowest BCUT2D eigenvalue weighted by Gasteiger charge is -2.14. The third-order valence-electron chi connectivity index (χ3n) is 4.96.